The smallest absolute Gasteiger partial charge is 0.223 e. The summed E-state index contributed by atoms with van der Waals surface area (Å²) in [5.74, 6) is 0.554. The summed E-state index contributed by atoms with van der Waals surface area (Å²) >= 11 is 0. The van der Waals surface area contributed by atoms with Gasteiger partial charge in [-0.25, -0.2) is 0 Å². The van der Waals surface area contributed by atoms with E-state index in [1.165, 1.54) is 11.1 Å². The Morgan fingerprint density at radius 3 is 2.85 bits per heavy atom. The minimum atomic E-state index is -0.0216. The van der Waals surface area contributed by atoms with Crippen LogP contribution in [0, 0.1) is 0 Å². The lowest BCUT2D eigenvalue weighted by Crippen LogP contribution is -2.49. The van der Waals surface area contributed by atoms with Crippen molar-refractivity contribution < 1.29 is 9.59 Å². The van der Waals surface area contributed by atoms with Crippen LogP contribution in [-0.2, 0) is 16.0 Å². The van der Waals surface area contributed by atoms with Crippen LogP contribution in [-0.4, -0.2) is 42.4 Å². The van der Waals surface area contributed by atoms with Gasteiger partial charge in [0.2, 0.25) is 11.8 Å². The van der Waals surface area contributed by atoms with Crippen LogP contribution < -0.4 is 11.1 Å². The molecule has 1 aromatic carbocycles. The summed E-state index contributed by atoms with van der Waals surface area (Å²) in [6.07, 6.45) is 7.45. The summed E-state index contributed by atoms with van der Waals surface area (Å²) in [6.45, 7) is 1.72. The van der Waals surface area contributed by atoms with E-state index in [1.807, 2.05) is 4.90 Å². The second-order valence-corrected chi connectivity index (χ2v) is 7.57. The SMILES string of the molecule is NCCC(=O)NCC1CCCCN1C(=O)CC1CCCc2ccccc21. The molecule has 1 saturated heterocycles. The van der Waals surface area contributed by atoms with E-state index in [2.05, 4.69) is 29.6 Å². The Bertz CT molecular complexity index is 631. The molecule has 0 spiro atoms. The molecule has 2 aliphatic rings. The fraction of sp³-hybridized carbons (Fsp3) is 0.619. The number of carbonyl (C=O) groups excluding carboxylic acids is 2. The summed E-state index contributed by atoms with van der Waals surface area (Å²) in [4.78, 5) is 26.8. The van der Waals surface area contributed by atoms with E-state index >= 15 is 0 Å². The Kier molecular flexibility index (Phi) is 6.67. The van der Waals surface area contributed by atoms with Crippen molar-refractivity contribution in [2.75, 3.05) is 19.6 Å². The zero-order valence-electron chi connectivity index (χ0n) is 15.6. The lowest BCUT2D eigenvalue weighted by Gasteiger charge is -2.37. The number of amides is 2. The maximum Gasteiger partial charge on any atom is 0.223 e. The van der Waals surface area contributed by atoms with Crippen molar-refractivity contribution >= 4 is 11.8 Å². The molecule has 2 amide bonds. The molecule has 2 unspecified atom stereocenters. The maximum absolute atomic E-state index is 13.1. The highest BCUT2D eigenvalue weighted by Crippen LogP contribution is 2.34. The molecule has 5 nitrogen and oxygen atoms in total. The Balaban J connectivity index is 1.61. The number of likely N-dealkylation sites (tertiary alicyclic amines) is 1. The van der Waals surface area contributed by atoms with Crippen LogP contribution in [0.15, 0.2) is 24.3 Å². The minimum absolute atomic E-state index is 0.0216. The Labute approximate surface area is 156 Å². The third-order valence-corrected chi connectivity index (χ3v) is 5.77. The van der Waals surface area contributed by atoms with E-state index in [0.717, 1.165) is 45.1 Å². The molecule has 3 N–H and O–H groups in total. The lowest BCUT2D eigenvalue weighted by atomic mass is 9.80. The van der Waals surface area contributed by atoms with Crippen molar-refractivity contribution in [1.29, 1.82) is 0 Å². The van der Waals surface area contributed by atoms with Gasteiger partial charge >= 0.3 is 0 Å². The first-order valence-electron chi connectivity index (χ1n) is 10.0. The van der Waals surface area contributed by atoms with Gasteiger partial charge in [-0.05, 0) is 55.6 Å². The predicted octanol–water partition coefficient (Wildman–Crippen LogP) is 2.34. The van der Waals surface area contributed by atoms with E-state index in [1.54, 1.807) is 0 Å². The molecule has 1 heterocycles. The summed E-state index contributed by atoms with van der Waals surface area (Å²) in [5, 5.41) is 2.94. The van der Waals surface area contributed by atoms with Gasteiger partial charge in [0.05, 0.1) is 0 Å². The van der Waals surface area contributed by atoms with Crippen molar-refractivity contribution in [3.63, 3.8) is 0 Å². The molecule has 2 atom stereocenters. The average molecular weight is 357 g/mol. The molecule has 1 aliphatic carbocycles. The van der Waals surface area contributed by atoms with Crippen LogP contribution >= 0.6 is 0 Å². The van der Waals surface area contributed by atoms with Gasteiger partial charge in [0.1, 0.15) is 0 Å². The highest BCUT2D eigenvalue weighted by molar-refractivity contribution is 5.78. The van der Waals surface area contributed by atoms with Gasteiger partial charge in [0, 0.05) is 38.5 Å². The summed E-state index contributed by atoms with van der Waals surface area (Å²) in [7, 11) is 0. The molecule has 0 saturated carbocycles. The Morgan fingerprint density at radius 2 is 2.00 bits per heavy atom. The number of hydrogen-bond donors (Lipinski definition) is 2. The van der Waals surface area contributed by atoms with Crippen molar-refractivity contribution in [1.82, 2.24) is 10.2 Å². The lowest BCUT2D eigenvalue weighted by molar-refractivity contribution is -0.136. The van der Waals surface area contributed by atoms with Crippen LogP contribution in [0.2, 0.25) is 0 Å². The second-order valence-electron chi connectivity index (χ2n) is 7.57. The van der Waals surface area contributed by atoms with Gasteiger partial charge in [-0.15, -0.1) is 0 Å². The van der Waals surface area contributed by atoms with E-state index in [4.69, 9.17) is 5.73 Å². The van der Waals surface area contributed by atoms with Crippen molar-refractivity contribution in [3.8, 4) is 0 Å². The number of hydrogen-bond acceptors (Lipinski definition) is 3. The topological polar surface area (TPSA) is 75.4 Å². The minimum Gasteiger partial charge on any atom is -0.354 e. The number of nitrogens with one attached hydrogen (secondary N) is 1. The van der Waals surface area contributed by atoms with Crippen molar-refractivity contribution in [2.45, 2.75) is 63.3 Å². The molecule has 0 radical (unpaired) electrons. The molecular formula is C21H31N3O2. The molecule has 26 heavy (non-hydrogen) atoms. The monoisotopic (exact) mass is 357 g/mol. The highest BCUT2D eigenvalue weighted by Gasteiger charge is 2.30. The van der Waals surface area contributed by atoms with Gasteiger partial charge in [-0.3, -0.25) is 9.59 Å². The Morgan fingerprint density at radius 1 is 1.15 bits per heavy atom. The van der Waals surface area contributed by atoms with Crippen molar-refractivity contribution in [2.24, 2.45) is 5.73 Å². The van der Waals surface area contributed by atoms with E-state index in [-0.39, 0.29) is 17.9 Å². The zero-order valence-corrected chi connectivity index (χ0v) is 15.6. The van der Waals surface area contributed by atoms with Crippen LogP contribution in [0.5, 0.6) is 0 Å². The third kappa shape index (κ3) is 4.64. The molecule has 5 heteroatoms. The third-order valence-electron chi connectivity index (χ3n) is 5.77. The number of piperidine rings is 1. The van der Waals surface area contributed by atoms with Gasteiger partial charge in [-0.1, -0.05) is 24.3 Å². The van der Waals surface area contributed by atoms with E-state index < -0.39 is 0 Å². The molecule has 142 valence electrons. The van der Waals surface area contributed by atoms with Crippen LogP contribution in [0.1, 0.15) is 62.0 Å². The fourth-order valence-corrected chi connectivity index (χ4v) is 4.39. The first-order chi connectivity index (χ1) is 12.7. The molecular weight excluding hydrogens is 326 g/mol. The van der Waals surface area contributed by atoms with Crippen LogP contribution in [0.3, 0.4) is 0 Å². The van der Waals surface area contributed by atoms with Crippen LogP contribution in [0.4, 0.5) is 0 Å². The largest absolute Gasteiger partial charge is 0.354 e. The molecule has 3 rings (SSSR count). The summed E-state index contributed by atoms with van der Waals surface area (Å²) in [5.41, 5.74) is 8.19. The molecule has 1 fully saturated rings. The number of fused-ring (bicyclic) bond motifs is 1. The summed E-state index contributed by atoms with van der Waals surface area (Å²) < 4.78 is 0. The summed E-state index contributed by atoms with van der Waals surface area (Å²) in [6, 6.07) is 8.68. The highest BCUT2D eigenvalue weighted by atomic mass is 16.2. The maximum atomic E-state index is 13.1. The standard InChI is InChI=1S/C21H31N3O2/c22-12-11-20(25)23-15-18-9-3-4-13-24(18)21(26)14-17-8-5-7-16-6-1-2-10-19(16)17/h1-2,6,10,17-18H,3-5,7-9,11-15,22H2,(H,23,25). The van der Waals surface area contributed by atoms with E-state index in [0.29, 0.717) is 31.8 Å². The number of nitrogens with two attached hydrogens (primary N) is 1. The predicted molar refractivity (Wildman–Crippen MR) is 103 cm³/mol. The number of nitrogens with zero attached hydrogens (tertiary/aromatic N) is 1. The molecule has 0 aromatic heterocycles. The number of carbonyl (C=O) groups is 2. The first-order valence-corrected chi connectivity index (χ1v) is 10.0. The fourth-order valence-electron chi connectivity index (χ4n) is 4.39. The van der Waals surface area contributed by atoms with Gasteiger partial charge in [0.15, 0.2) is 0 Å². The molecule has 1 aliphatic heterocycles. The van der Waals surface area contributed by atoms with Gasteiger partial charge in [0.25, 0.3) is 0 Å². The second kappa shape index (κ2) is 9.17. The quantitative estimate of drug-likeness (QED) is 0.820. The normalized spacial score (nSPS) is 22.6. The van der Waals surface area contributed by atoms with Gasteiger partial charge in [-0.2, -0.15) is 0 Å². The average Bonchev–Trinajstić information content (AvgIpc) is 2.67. The Hall–Kier alpha value is -1.88. The number of aryl methyl sites for hydroxylation is 1. The van der Waals surface area contributed by atoms with Crippen LogP contribution in [0.25, 0.3) is 0 Å². The molecule has 1 aromatic rings. The first kappa shape index (κ1) is 18.9. The number of benzene rings is 1. The number of rotatable bonds is 6. The van der Waals surface area contributed by atoms with Gasteiger partial charge < -0.3 is 16.0 Å². The zero-order chi connectivity index (χ0) is 18.4. The van der Waals surface area contributed by atoms with E-state index in [9.17, 15) is 9.59 Å². The molecule has 0 bridgehead atoms. The van der Waals surface area contributed by atoms with Crippen molar-refractivity contribution in [3.05, 3.63) is 35.4 Å².